The maximum atomic E-state index is 12.7. The van der Waals surface area contributed by atoms with E-state index in [1.165, 1.54) is 0 Å². The third-order valence-electron chi connectivity index (χ3n) is 5.65. The van der Waals surface area contributed by atoms with Crippen molar-refractivity contribution in [1.29, 1.82) is 0 Å². The molecule has 1 fully saturated rings. The lowest BCUT2D eigenvalue weighted by Crippen LogP contribution is -2.36. The lowest BCUT2D eigenvalue weighted by atomic mass is 10.1. The van der Waals surface area contributed by atoms with Gasteiger partial charge >= 0.3 is 0 Å². The molecule has 10 heteroatoms. The molecule has 1 aliphatic heterocycles. The predicted molar refractivity (Wildman–Crippen MR) is 132 cm³/mol. The highest BCUT2D eigenvalue weighted by molar-refractivity contribution is 7.17. The van der Waals surface area contributed by atoms with Crippen LogP contribution < -0.4 is 10.2 Å². The minimum absolute atomic E-state index is 0.110. The molecule has 0 saturated carbocycles. The predicted octanol–water partition coefficient (Wildman–Crippen LogP) is 3.56. The largest absolute Gasteiger partial charge is 0.379 e. The van der Waals surface area contributed by atoms with Crippen LogP contribution in [0.1, 0.15) is 11.6 Å². The fourth-order valence-corrected chi connectivity index (χ4v) is 4.96. The van der Waals surface area contributed by atoms with E-state index in [1.807, 2.05) is 30.1 Å². The number of carbonyl (C=O) groups excluding carboxylic acids is 1. The van der Waals surface area contributed by atoms with E-state index in [4.69, 9.17) is 19.2 Å². The maximum Gasteiger partial charge on any atom is 0.245 e. The Morgan fingerprint density at radius 1 is 1.21 bits per heavy atom. The molecule has 1 saturated heterocycles. The quantitative estimate of drug-likeness (QED) is 0.431. The van der Waals surface area contributed by atoms with Crippen molar-refractivity contribution in [3.05, 3.63) is 53.4 Å². The first-order chi connectivity index (χ1) is 16.6. The molecule has 9 nitrogen and oxygen atoms in total. The molecule has 1 amide bonds. The number of thiophene rings is 1. The highest BCUT2D eigenvalue weighted by Crippen LogP contribution is 2.38. The van der Waals surface area contributed by atoms with Crippen LogP contribution in [0.4, 0.5) is 11.6 Å². The highest BCUT2D eigenvalue weighted by atomic mass is 32.1. The molecular weight excluding hydrogens is 452 g/mol. The molecule has 5 rings (SSSR count). The van der Waals surface area contributed by atoms with Crippen molar-refractivity contribution in [2.75, 3.05) is 50.1 Å². The zero-order valence-corrected chi connectivity index (χ0v) is 20.0. The van der Waals surface area contributed by atoms with Crippen molar-refractivity contribution in [1.82, 2.24) is 20.0 Å². The van der Waals surface area contributed by atoms with Gasteiger partial charge in [0.1, 0.15) is 22.2 Å². The zero-order valence-electron chi connectivity index (χ0n) is 19.2. The van der Waals surface area contributed by atoms with Crippen molar-refractivity contribution >= 4 is 39.1 Å². The monoisotopic (exact) mass is 478 g/mol. The first-order valence-corrected chi connectivity index (χ1v) is 12.0. The summed E-state index contributed by atoms with van der Waals surface area (Å²) < 4.78 is 10.5. The Bertz CT molecular complexity index is 1280. The molecule has 4 aromatic rings. The van der Waals surface area contributed by atoms with E-state index in [1.54, 1.807) is 24.3 Å². The van der Waals surface area contributed by atoms with Crippen LogP contribution in [-0.4, -0.2) is 65.8 Å². The number of nitrogens with zero attached hydrogens (tertiary/aromatic N) is 5. The molecule has 176 valence electrons. The Hall–Kier alpha value is -3.34. The van der Waals surface area contributed by atoms with Gasteiger partial charge in [0, 0.05) is 37.1 Å². The van der Waals surface area contributed by atoms with Crippen LogP contribution in [0.3, 0.4) is 0 Å². The van der Waals surface area contributed by atoms with Crippen molar-refractivity contribution in [3.63, 3.8) is 0 Å². The number of likely N-dealkylation sites (N-methyl/N-ethyl adjacent to an activating group) is 1. The first kappa shape index (κ1) is 22.5. The molecule has 34 heavy (non-hydrogen) atoms. The van der Waals surface area contributed by atoms with E-state index < -0.39 is 0 Å². The second-order valence-electron chi connectivity index (χ2n) is 8.27. The number of amides is 1. The van der Waals surface area contributed by atoms with Crippen LogP contribution in [0.25, 0.3) is 21.3 Å². The van der Waals surface area contributed by atoms with E-state index in [0.29, 0.717) is 31.3 Å². The van der Waals surface area contributed by atoms with Gasteiger partial charge in [0.2, 0.25) is 5.91 Å². The summed E-state index contributed by atoms with van der Waals surface area (Å²) in [5, 5.41) is 9.70. The molecular formula is C24H26N6O3S. The number of aryl methyl sites for hydroxylation is 1. The summed E-state index contributed by atoms with van der Waals surface area (Å²) in [6.07, 6.45) is 0. The van der Waals surface area contributed by atoms with Crippen LogP contribution >= 0.6 is 11.3 Å². The Labute approximate surface area is 201 Å². The summed E-state index contributed by atoms with van der Waals surface area (Å²) in [4.78, 5) is 27.6. The lowest BCUT2D eigenvalue weighted by Gasteiger charge is -2.26. The third kappa shape index (κ3) is 4.93. The molecule has 4 heterocycles. The molecule has 0 radical (unpaired) electrons. The van der Waals surface area contributed by atoms with Gasteiger partial charge in [-0.1, -0.05) is 35.5 Å². The van der Waals surface area contributed by atoms with Gasteiger partial charge in [0.25, 0.3) is 0 Å². The summed E-state index contributed by atoms with van der Waals surface area (Å²) in [7, 11) is 1.88. The molecule has 0 aliphatic carbocycles. The van der Waals surface area contributed by atoms with Crippen molar-refractivity contribution in [2.24, 2.45) is 0 Å². The van der Waals surface area contributed by atoms with Crippen LogP contribution in [0, 0.1) is 6.92 Å². The first-order valence-electron chi connectivity index (χ1n) is 11.1. The van der Waals surface area contributed by atoms with Crippen LogP contribution in [0.5, 0.6) is 0 Å². The topological polar surface area (TPSA) is 96.6 Å². The number of rotatable bonds is 7. The molecule has 0 unspecified atom stereocenters. The molecule has 0 atom stereocenters. The summed E-state index contributed by atoms with van der Waals surface area (Å²) in [6.45, 7) is 5.67. The fourth-order valence-electron chi connectivity index (χ4n) is 4.00. The number of morpholine rings is 1. The van der Waals surface area contributed by atoms with E-state index >= 15 is 0 Å². The Morgan fingerprint density at radius 3 is 2.74 bits per heavy atom. The van der Waals surface area contributed by atoms with Gasteiger partial charge in [-0.05, 0) is 12.5 Å². The minimum Gasteiger partial charge on any atom is -0.379 e. The number of benzene rings is 1. The third-order valence-corrected chi connectivity index (χ3v) is 6.52. The summed E-state index contributed by atoms with van der Waals surface area (Å²) in [5.74, 6) is 2.32. The van der Waals surface area contributed by atoms with Gasteiger partial charge < -0.3 is 19.5 Å². The van der Waals surface area contributed by atoms with Gasteiger partial charge in [-0.2, -0.15) is 0 Å². The van der Waals surface area contributed by atoms with E-state index in [0.717, 1.165) is 46.1 Å². The molecule has 1 N–H and O–H groups in total. The molecule has 3 aromatic heterocycles. The number of anilines is 2. The average Bonchev–Trinajstić information content (AvgIpc) is 3.45. The van der Waals surface area contributed by atoms with Gasteiger partial charge in [0.15, 0.2) is 5.82 Å². The fraction of sp³-hybridized carbons (Fsp3) is 0.333. The second-order valence-corrected chi connectivity index (χ2v) is 9.13. The normalized spacial score (nSPS) is 14.4. The molecule has 0 bridgehead atoms. The Kier molecular flexibility index (Phi) is 6.52. The van der Waals surface area contributed by atoms with Gasteiger partial charge in [-0.15, -0.1) is 11.3 Å². The Morgan fingerprint density at radius 2 is 2.00 bits per heavy atom. The second kappa shape index (κ2) is 9.88. The van der Waals surface area contributed by atoms with Crippen LogP contribution in [0.2, 0.25) is 0 Å². The number of fused-ring (bicyclic) bond motifs is 1. The van der Waals surface area contributed by atoms with Gasteiger partial charge in [0.05, 0.1) is 31.7 Å². The van der Waals surface area contributed by atoms with E-state index in [-0.39, 0.29) is 12.5 Å². The zero-order chi connectivity index (χ0) is 23.5. The number of aromatic nitrogens is 3. The van der Waals surface area contributed by atoms with Crippen LogP contribution in [0.15, 0.2) is 46.3 Å². The van der Waals surface area contributed by atoms with Crippen molar-refractivity contribution in [3.8, 4) is 11.1 Å². The van der Waals surface area contributed by atoms with Crippen molar-refractivity contribution in [2.45, 2.75) is 13.5 Å². The van der Waals surface area contributed by atoms with Gasteiger partial charge in [-0.3, -0.25) is 9.69 Å². The standard InChI is InChI=1S/C24H26N6O3S/c1-16-12-19(28-33-16)25-21(31)14-29(2)23-22-18(17-6-4-3-5-7-17)15-34-24(22)27-20(26-23)13-30-8-10-32-11-9-30/h3-7,12,15H,8-11,13-14H2,1-2H3,(H,25,28,31). The van der Waals surface area contributed by atoms with Crippen molar-refractivity contribution < 1.29 is 14.1 Å². The summed E-state index contributed by atoms with van der Waals surface area (Å²) in [5.41, 5.74) is 2.16. The highest BCUT2D eigenvalue weighted by Gasteiger charge is 2.21. The number of ether oxygens (including phenoxy) is 1. The lowest BCUT2D eigenvalue weighted by molar-refractivity contribution is -0.115. The minimum atomic E-state index is -0.200. The SMILES string of the molecule is Cc1cc(NC(=O)CN(C)c2nc(CN3CCOCC3)nc3scc(-c4ccccc4)c23)no1. The average molecular weight is 479 g/mol. The summed E-state index contributed by atoms with van der Waals surface area (Å²) in [6, 6.07) is 11.9. The number of carbonyl (C=O) groups is 1. The van der Waals surface area contributed by atoms with E-state index in [2.05, 4.69) is 32.9 Å². The Balaban J connectivity index is 1.48. The number of hydrogen-bond donors (Lipinski definition) is 1. The molecule has 1 aliphatic rings. The maximum absolute atomic E-state index is 12.7. The molecule has 0 spiro atoms. The number of hydrogen-bond acceptors (Lipinski definition) is 9. The molecule has 1 aromatic carbocycles. The van der Waals surface area contributed by atoms with Crippen LogP contribution in [-0.2, 0) is 16.1 Å². The number of nitrogens with one attached hydrogen (secondary N) is 1. The van der Waals surface area contributed by atoms with E-state index in [9.17, 15) is 4.79 Å². The smallest absolute Gasteiger partial charge is 0.245 e. The van der Waals surface area contributed by atoms with Gasteiger partial charge in [-0.25, -0.2) is 9.97 Å². The summed E-state index contributed by atoms with van der Waals surface area (Å²) >= 11 is 1.60.